The van der Waals surface area contributed by atoms with Gasteiger partial charge >= 0.3 is 7.12 Å². The Balaban J connectivity index is 2.96. The highest BCUT2D eigenvalue weighted by Gasteiger charge is 2.13. The number of carbonyl (C=O) groups is 1. The summed E-state index contributed by atoms with van der Waals surface area (Å²) in [6.45, 7) is 2.44. The van der Waals surface area contributed by atoms with Gasteiger partial charge in [0.2, 0.25) is 0 Å². The molecule has 5 heteroatoms. The SMILES string of the molecule is CCCOc1cc(B(O)O)ccc1C=O. The minimum atomic E-state index is -1.55. The summed E-state index contributed by atoms with van der Waals surface area (Å²) < 4.78 is 5.31. The van der Waals surface area contributed by atoms with E-state index in [0.29, 0.717) is 29.7 Å². The van der Waals surface area contributed by atoms with Gasteiger partial charge in [0.05, 0.1) is 12.2 Å². The summed E-state index contributed by atoms with van der Waals surface area (Å²) in [5.74, 6) is 0.387. The average molecular weight is 208 g/mol. The number of carbonyl (C=O) groups excluding carboxylic acids is 1. The van der Waals surface area contributed by atoms with Crippen molar-refractivity contribution in [3.05, 3.63) is 23.8 Å². The predicted molar refractivity (Wildman–Crippen MR) is 57.4 cm³/mol. The Kier molecular flexibility index (Phi) is 4.33. The number of aldehydes is 1. The minimum absolute atomic E-state index is 0.312. The molecule has 0 radical (unpaired) electrons. The molecule has 0 aliphatic heterocycles. The van der Waals surface area contributed by atoms with E-state index in [1.165, 1.54) is 18.2 Å². The van der Waals surface area contributed by atoms with Gasteiger partial charge in [0.1, 0.15) is 5.75 Å². The fourth-order valence-electron chi connectivity index (χ4n) is 1.15. The van der Waals surface area contributed by atoms with Crippen LogP contribution in [0.25, 0.3) is 0 Å². The van der Waals surface area contributed by atoms with Crippen molar-refractivity contribution in [3.8, 4) is 5.75 Å². The third-order valence-corrected chi connectivity index (χ3v) is 1.92. The molecule has 80 valence electrons. The van der Waals surface area contributed by atoms with Crippen LogP contribution in [-0.2, 0) is 0 Å². The second kappa shape index (κ2) is 5.53. The largest absolute Gasteiger partial charge is 0.493 e. The van der Waals surface area contributed by atoms with Crippen molar-refractivity contribution in [1.82, 2.24) is 0 Å². The minimum Gasteiger partial charge on any atom is -0.493 e. The lowest BCUT2D eigenvalue weighted by Gasteiger charge is -2.09. The molecule has 0 heterocycles. The van der Waals surface area contributed by atoms with Gasteiger partial charge in [-0.05, 0) is 24.0 Å². The summed E-state index contributed by atoms with van der Waals surface area (Å²) in [4.78, 5) is 10.7. The molecule has 0 unspecified atom stereocenters. The molecule has 0 bridgehead atoms. The molecule has 1 aromatic rings. The van der Waals surface area contributed by atoms with Crippen LogP contribution >= 0.6 is 0 Å². The van der Waals surface area contributed by atoms with E-state index in [1.54, 1.807) is 0 Å². The molecule has 0 atom stereocenters. The normalized spacial score (nSPS) is 9.80. The van der Waals surface area contributed by atoms with Crippen LogP contribution in [0.2, 0.25) is 0 Å². The van der Waals surface area contributed by atoms with Gasteiger partial charge in [-0.1, -0.05) is 13.0 Å². The first-order valence-corrected chi connectivity index (χ1v) is 4.77. The van der Waals surface area contributed by atoms with E-state index in [0.717, 1.165) is 6.42 Å². The molecule has 1 rings (SSSR count). The van der Waals surface area contributed by atoms with E-state index < -0.39 is 7.12 Å². The molecule has 0 saturated heterocycles. The Labute approximate surface area is 88.6 Å². The van der Waals surface area contributed by atoms with E-state index in [4.69, 9.17) is 14.8 Å². The fraction of sp³-hybridized carbons (Fsp3) is 0.300. The highest BCUT2D eigenvalue weighted by molar-refractivity contribution is 6.58. The van der Waals surface area contributed by atoms with Gasteiger partial charge in [-0.25, -0.2) is 0 Å². The van der Waals surface area contributed by atoms with Gasteiger partial charge in [0.15, 0.2) is 6.29 Å². The van der Waals surface area contributed by atoms with Crippen molar-refractivity contribution < 1.29 is 19.6 Å². The Bertz CT molecular complexity index is 338. The Hall–Kier alpha value is -1.33. The van der Waals surface area contributed by atoms with Gasteiger partial charge in [-0.15, -0.1) is 0 Å². The highest BCUT2D eigenvalue weighted by Crippen LogP contribution is 2.14. The van der Waals surface area contributed by atoms with Crippen molar-refractivity contribution >= 4 is 18.9 Å². The van der Waals surface area contributed by atoms with Gasteiger partial charge in [0.25, 0.3) is 0 Å². The van der Waals surface area contributed by atoms with Crippen LogP contribution in [0.15, 0.2) is 18.2 Å². The first-order chi connectivity index (χ1) is 7.19. The zero-order chi connectivity index (χ0) is 11.3. The Morgan fingerprint density at radius 2 is 2.20 bits per heavy atom. The monoisotopic (exact) mass is 208 g/mol. The molecule has 2 N–H and O–H groups in total. The van der Waals surface area contributed by atoms with Crippen LogP contribution in [0, 0.1) is 0 Å². The molecule has 0 aliphatic carbocycles. The van der Waals surface area contributed by atoms with E-state index in [-0.39, 0.29) is 0 Å². The average Bonchev–Trinajstić information content (AvgIpc) is 2.25. The predicted octanol–water partition coefficient (Wildman–Crippen LogP) is -0.0323. The Morgan fingerprint density at radius 1 is 1.47 bits per heavy atom. The van der Waals surface area contributed by atoms with Crippen LogP contribution in [-0.4, -0.2) is 30.1 Å². The van der Waals surface area contributed by atoms with E-state index >= 15 is 0 Å². The van der Waals surface area contributed by atoms with E-state index in [2.05, 4.69) is 0 Å². The lowest BCUT2D eigenvalue weighted by atomic mass is 9.80. The molecule has 0 spiro atoms. The maximum absolute atomic E-state index is 10.7. The summed E-state index contributed by atoms with van der Waals surface area (Å²) in [7, 11) is -1.55. The van der Waals surface area contributed by atoms with Crippen molar-refractivity contribution in [2.45, 2.75) is 13.3 Å². The topological polar surface area (TPSA) is 66.8 Å². The maximum Gasteiger partial charge on any atom is 0.488 e. The van der Waals surface area contributed by atoms with Crippen LogP contribution in [0.1, 0.15) is 23.7 Å². The molecule has 0 aliphatic rings. The molecular weight excluding hydrogens is 195 g/mol. The van der Waals surface area contributed by atoms with Gasteiger partial charge < -0.3 is 14.8 Å². The van der Waals surface area contributed by atoms with Gasteiger partial charge in [-0.2, -0.15) is 0 Å². The zero-order valence-electron chi connectivity index (χ0n) is 8.51. The summed E-state index contributed by atoms with van der Waals surface area (Å²) in [5.41, 5.74) is 0.722. The standard InChI is InChI=1S/C10H13BO4/c1-2-5-15-10-6-9(11(13)14)4-3-8(10)7-12/h3-4,6-7,13-14H,2,5H2,1H3. The molecule has 15 heavy (non-hydrogen) atoms. The Morgan fingerprint density at radius 3 is 2.73 bits per heavy atom. The molecule has 0 aromatic heterocycles. The fourth-order valence-corrected chi connectivity index (χ4v) is 1.15. The molecular formula is C10H13BO4. The molecule has 0 amide bonds. The van der Waals surface area contributed by atoms with Crippen molar-refractivity contribution in [2.75, 3.05) is 6.61 Å². The van der Waals surface area contributed by atoms with Gasteiger partial charge in [0, 0.05) is 0 Å². The van der Waals surface area contributed by atoms with E-state index in [9.17, 15) is 4.79 Å². The number of hydrogen-bond acceptors (Lipinski definition) is 4. The first-order valence-electron chi connectivity index (χ1n) is 4.77. The van der Waals surface area contributed by atoms with E-state index in [1.807, 2.05) is 6.92 Å². The third-order valence-electron chi connectivity index (χ3n) is 1.92. The first kappa shape index (κ1) is 11.7. The lowest BCUT2D eigenvalue weighted by Crippen LogP contribution is -2.29. The summed E-state index contributed by atoms with van der Waals surface area (Å²) in [6.07, 6.45) is 1.50. The van der Waals surface area contributed by atoms with Crippen molar-refractivity contribution in [3.63, 3.8) is 0 Å². The third kappa shape index (κ3) is 3.07. The number of hydrogen-bond donors (Lipinski definition) is 2. The lowest BCUT2D eigenvalue weighted by molar-refractivity contribution is 0.111. The van der Waals surface area contributed by atoms with Gasteiger partial charge in [-0.3, -0.25) is 4.79 Å². The van der Waals surface area contributed by atoms with Crippen LogP contribution in [0.4, 0.5) is 0 Å². The molecule has 0 saturated carbocycles. The summed E-state index contributed by atoms with van der Waals surface area (Å²) in [6, 6.07) is 4.45. The zero-order valence-corrected chi connectivity index (χ0v) is 8.51. The van der Waals surface area contributed by atoms with Crippen molar-refractivity contribution in [2.24, 2.45) is 0 Å². The molecule has 4 nitrogen and oxygen atoms in total. The smallest absolute Gasteiger partial charge is 0.488 e. The highest BCUT2D eigenvalue weighted by atomic mass is 16.5. The van der Waals surface area contributed by atoms with Crippen LogP contribution in [0.3, 0.4) is 0 Å². The maximum atomic E-state index is 10.7. The number of rotatable bonds is 5. The summed E-state index contributed by atoms with van der Waals surface area (Å²) in [5, 5.41) is 17.9. The van der Waals surface area contributed by atoms with Crippen LogP contribution < -0.4 is 10.2 Å². The second-order valence-electron chi connectivity index (χ2n) is 3.14. The van der Waals surface area contributed by atoms with Crippen LogP contribution in [0.5, 0.6) is 5.75 Å². The number of ether oxygens (including phenoxy) is 1. The molecule has 0 fully saturated rings. The summed E-state index contributed by atoms with van der Waals surface area (Å²) >= 11 is 0. The van der Waals surface area contributed by atoms with Crippen molar-refractivity contribution in [1.29, 1.82) is 0 Å². The second-order valence-corrected chi connectivity index (χ2v) is 3.14. The molecule has 1 aromatic carbocycles. The quantitative estimate of drug-likeness (QED) is 0.526. The number of benzene rings is 1.